The molecule has 24 heavy (non-hydrogen) atoms. The van der Waals surface area contributed by atoms with Gasteiger partial charge in [0.25, 0.3) is 0 Å². The summed E-state index contributed by atoms with van der Waals surface area (Å²) < 4.78 is 14.7. The molecule has 3 aromatic carbocycles. The van der Waals surface area contributed by atoms with E-state index in [9.17, 15) is 4.39 Å². The Hall–Kier alpha value is -2.37. The van der Waals surface area contributed by atoms with Gasteiger partial charge in [-0.15, -0.1) is 0 Å². The molecule has 0 atom stereocenters. The zero-order chi connectivity index (χ0) is 16.5. The van der Waals surface area contributed by atoms with Gasteiger partial charge in [-0.1, -0.05) is 60.4 Å². The van der Waals surface area contributed by atoms with E-state index in [0.29, 0.717) is 12.0 Å². The lowest BCUT2D eigenvalue weighted by Crippen LogP contribution is -1.92. The Morgan fingerprint density at radius 2 is 1.62 bits per heavy atom. The summed E-state index contributed by atoms with van der Waals surface area (Å²) in [4.78, 5) is 0. The van der Waals surface area contributed by atoms with Crippen molar-refractivity contribution in [3.63, 3.8) is 0 Å². The Labute approximate surface area is 148 Å². The molecule has 116 valence electrons. The first-order valence-corrected chi connectivity index (χ1v) is 8.70. The molecule has 0 radical (unpaired) electrons. The lowest BCUT2D eigenvalue weighted by molar-refractivity contribution is 0.582. The molecule has 0 nitrogen and oxygen atoms in total. The van der Waals surface area contributed by atoms with Gasteiger partial charge in [0.15, 0.2) is 0 Å². The first-order valence-electron chi connectivity index (χ1n) is 7.90. The number of halogens is 2. The number of fused-ring (bicyclic) bond motifs is 3. The van der Waals surface area contributed by atoms with Crippen LogP contribution in [0.5, 0.6) is 0 Å². The second-order valence-electron chi connectivity index (χ2n) is 5.84. The molecule has 1 aliphatic rings. The molecule has 0 aromatic heterocycles. The third-order valence-corrected chi connectivity index (χ3v) is 5.00. The molecule has 2 heteroatoms. The molecule has 0 fully saturated rings. The van der Waals surface area contributed by atoms with Crippen molar-refractivity contribution in [3.05, 3.63) is 82.1 Å². The van der Waals surface area contributed by atoms with E-state index in [1.165, 1.54) is 21.5 Å². The Morgan fingerprint density at radius 3 is 2.46 bits per heavy atom. The number of hydrogen-bond acceptors (Lipinski definition) is 0. The van der Waals surface area contributed by atoms with Gasteiger partial charge in [0.2, 0.25) is 0 Å². The standard InChI is InChI=1S/C22H14BrF/c23-21-6-3-7-22(24)19(21)13-9-15-8-10-17-12-11-16-4-1-2-5-18(16)20(17)14-15/h1-2,4-6,8,10-12,14H,3,7H2. The van der Waals surface area contributed by atoms with Crippen LogP contribution in [0.15, 0.2) is 76.6 Å². The summed E-state index contributed by atoms with van der Waals surface area (Å²) in [7, 11) is 0. The van der Waals surface area contributed by atoms with Crippen molar-refractivity contribution in [3.8, 4) is 11.8 Å². The summed E-state index contributed by atoms with van der Waals surface area (Å²) in [6.07, 6.45) is 3.13. The van der Waals surface area contributed by atoms with E-state index in [1.54, 1.807) is 0 Å². The van der Waals surface area contributed by atoms with E-state index >= 15 is 0 Å². The normalized spacial score (nSPS) is 14.5. The molecule has 0 unspecified atom stereocenters. The molecule has 0 amide bonds. The van der Waals surface area contributed by atoms with Crippen molar-refractivity contribution in [2.75, 3.05) is 0 Å². The highest BCUT2D eigenvalue weighted by atomic mass is 79.9. The van der Waals surface area contributed by atoms with Gasteiger partial charge in [0.1, 0.15) is 5.83 Å². The fourth-order valence-corrected chi connectivity index (χ4v) is 3.57. The molecular weight excluding hydrogens is 363 g/mol. The predicted molar refractivity (Wildman–Crippen MR) is 103 cm³/mol. The maximum absolute atomic E-state index is 14.0. The monoisotopic (exact) mass is 376 g/mol. The maximum atomic E-state index is 14.0. The molecule has 0 saturated carbocycles. The number of benzene rings is 3. The van der Waals surface area contributed by atoms with Crippen molar-refractivity contribution >= 4 is 37.5 Å². The van der Waals surface area contributed by atoms with Crippen LogP contribution in [-0.4, -0.2) is 0 Å². The van der Waals surface area contributed by atoms with Gasteiger partial charge in [-0.25, -0.2) is 4.39 Å². The molecule has 0 N–H and O–H groups in total. The molecular formula is C22H14BrF. The van der Waals surface area contributed by atoms with Gasteiger partial charge in [-0.05, 0) is 56.0 Å². The van der Waals surface area contributed by atoms with Crippen LogP contribution < -0.4 is 0 Å². The average molecular weight is 377 g/mol. The van der Waals surface area contributed by atoms with Crippen molar-refractivity contribution in [2.45, 2.75) is 12.8 Å². The van der Waals surface area contributed by atoms with Crippen LogP contribution in [0.3, 0.4) is 0 Å². The molecule has 1 aliphatic carbocycles. The minimum Gasteiger partial charge on any atom is -0.210 e. The minimum atomic E-state index is -0.136. The molecule has 0 bridgehead atoms. The Kier molecular flexibility index (Phi) is 3.96. The van der Waals surface area contributed by atoms with E-state index in [0.717, 1.165) is 16.5 Å². The number of rotatable bonds is 0. The lowest BCUT2D eigenvalue weighted by atomic mass is 10.00. The smallest absolute Gasteiger partial charge is 0.117 e. The van der Waals surface area contributed by atoms with Crippen molar-refractivity contribution < 1.29 is 4.39 Å². The summed E-state index contributed by atoms with van der Waals surface area (Å²) in [6.45, 7) is 0. The average Bonchev–Trinajstić information content (AvgIpc) is 2.61. The Morgan fingerprint density at radius 1 is 0.875 bits per heavy atom. The summed E-state index contributed by atoms with van der Waals surface area (Å²) in [5, 5.41) is 4.78. The predicted octanol–water partition coefficient (Wildman–Crippen LogP) is 6.64. The highest BCUT2D eigenvalue weighted by Gasteiger charge is 2.12. The van der Waals surface area contributed by atoms with E-state index in [4.69, 9.17) is 0 Å². The van der Waals surface area contributed by atoms with Gasteiger partial charge in [0.05, 0.1) is 5.57 Å². The molecule has 0 heterocycles. The molecule has 0 spiro atoms. The molecule has 4 rings (SSSR count). The minimum absolute atomic E-state index is 0.136. The highest BCUT2D eigenvalue weighted by molar-refractivity contribution is 9.12. The van der Waals surface area contributed by atoms with Crippen molar-refractivity contribution in [1.29, 1.82) is 0 Å². The summed E-state index contributed by atoms with van der Waals surface area (Å²) in [5.41, 5.74) is 1.37. The number of hydrogen-bond donors (Lipinski definition) is 0. The van der Waals surface area contributed by atoms with E-state index in [1.807, 2.05) is 24.3 Å². The van der Waals surface area contributed by atoms with E-state index in [2.05, 4.69) is 64.2 Å². The van der Waals surface area contributed by atoms with Crippen molar-refractivity contribution in [2.24, 2.45) is 0 Å². The van der Waals surface area contributed by atoms with Gasteiger partial charge in [-0.2, -0.15) is 0 Å². The van der Waals surface area contributed by atoms with Crippen LogP contribution in [0.2, 0.25) is 0 Å². The fraction of sp³-hybridized carbons (Fsp3) is 0.0909. The third kappa shape index (κ3) is 2.77. The van der Waals surface area contributed by atoms with Crippen LogP contribution in [0.1, 0.15) is 18.4 Å². The molecule has 0 saturated heterocycles. The van der Waals surface area contributed by atoms with E-state index in [-0.39, 0.29) is 5.83 Å². The zero-order valence-corrected chi connectivity index (χ0v) is 14.5. The SMILES string of the molecule is FC1=C(C#Cc2ccc3ccc4ccccc4c3c2)C(Br)=CCC1. The maximum Gasteiger partial charge on any atom is 0.117 e. The summed E-state index contributed by atoms with van der Waals surface area (Å²) >= 11 is 3.40. The molecule has 3 aromatic rings. The van der Waals surface area contributed by atoms with Gasteiger partial charge in [0, 0.05) is 16.5 Å². The molecule has 0 aliphatic heterocycles. The van der Waals surface area contributed by atoms with Crippen LogP contribution in [0.4, 0.5) is 4.39 Å². The Balaban J connectivity index is 1.83. The van der Waals surface area contributed by atoms with Gasteiger partial charge < -0.3 is 0 Å². The van der Waals surface area contributed by atoms with Gasteiger partial charge in [-0.3, -0.25) is 0 Å². The van der Waals surface area contributed by atoms with Gasteiger partial charge >= 0.3 is 0 Å². The summed E-state index contributed by atoms with van der Waals surface area (Å²) in [5.74, 6) is 5.97. The first-order chi connectivity index (χ1) is 11.7. The van der Waals surface area contributed by atoms with Crippen molar-refractivity contribution in [1.82, 2.24) is 0 Å². The number of allylic oxidation sites excluding steroid dienone is 4. The first kappa shape index (κ1) is 15.2. The second-order valence-corrected chi connectivity index (χ2v) is 6.70. The quantitative estimate of drug-likeness (QED) is 0.304. The zero-order valence-electron chi connectivity index (χ0n) is 12.9. The van der Waals surface area contributed by atoms with Crippen LogP contribution >= 0.6 is 15.9 Å². The van der Waals surface area contributed by atoms with Crippen LogP contribution in [-0.2, 0) is 0 Å². The Bertz CT molecular complexity index is 1080. The largest absolute Gasteiger partial charge is 0.210 e. The second kappa shape index (κ2) is 6.26. The highest BCUT2D eigenvalue weighted by Crippen LogP contribution is 2.30. The van der Waals surface area contributed by atoms with Crippen LogP contribution in [0, 0.1) is 11.8 Å². The third-order valence-electron chi connectivity index (χ3n) is 4.28. The van der Waals surface area contributed by atoms with E-state index < -0.39 is 0 Å². The lowest BCUT2D eigenvalue weighted by Gasteiger charge is -2.07. The van der Waals surface area contributed by atoms with Crippen LogP contribution in [0.25, 0.3) is 21.5 Å². The summed E-state index contributed by atoms with van der Waals surface area (Å²) in [6, 6.07) is 18.7. The fourth-order valence-electron chi connectivity index (χ4n) is 3.02. The topological polar surface area (TPSA) is 0 Å².